The molecule has 0 saturated heterocycles. The van der Waals surface area contributed by atoms with Crippen molar-refractivity contribution >= 4 is 17.9 Å². The van der Waals surface area contributed by atoms with Crippen LogP contribution in [0.1, 0.15) is 348 Å². The van der Waals surface area contributed by atoms with Crippen LogP contribution < -0.4 is 0 Å². The van der Waals surface area contributed by atoms with Gasteiger partial charge in [-0.25, -0.2) is 0 Å². The van der Waals surface area contributed by atoms with Gasteiger partial charge in [-0.3, -0.25) is 14.4 Å². The van der Waals surface area contributed by atoms with Gasteiger partial charge in [0.05, 0.1) is 0 Å². The highest BCUT2D eigenvalue weighted by molar-refractivity contribution is 5.71. The molecule has 0 heterocycles. The van der Waals surface area contributed by atoms with Gasteiger partial charge in [-0.2, -0.15) is 0 Å². The standard InChI is InChI=1S/C70H126O6/c1-4-7-10-13-16-19-22-24-26-28-30-32-33-34-35-36-37-39-40-42-44-46-48-51-54-57-60-63-69(72)75-66-67(65-74-68(71)62-59-56-53-50-21-18-15-12-9-6-3)76-70(73)64-61-58-55-52-49-47-45-43-41-38-31-29-27-25-23-20-17-14-11-8-5-2/h8,11-12,15,17,20,25,27,31,38,67H,4-7,9-10,13-14,16,18-19,21-24,26,28-30,32-37,39-66H2,1-3H3/b11-8-,15-12-,20-17-,27-25-,38-31-. The van der Waals surface area contributed by atoms with E-state index < -0.39 is 6.10 Å². The lowest BCUT2D eigenvalue weighted by atomic mass is 10.0. The second-order valence-electron chi connectivity index (χ2n) is 22.4. The summed E-state index contributed by atoms with van der Waals surface area (Å²) in [4.78, 5) is 38.2. The lowest BCUT2D eigenvalue weighted by molar-refractivity contribution is -0.167. The molecule has 0 rings (SSSR count). The molecule has 1 atom stereocenters. The van der Waals surface area contributed by atoms with Gasteiger partial charge >= 0.3 is 17.9 Å². The van der Waals surface area contributed by atoms with Crippen molar-refractivity contribution in [3.05, 3.63) is 60.8 Å². The van der Waals surface area contributed by atoms with E-state index >= 15 is 0 Å². The largest absolute Gasteiger partial charge is 0.462 e. The van der Waals surface area contributed by atoms with Crippen LogP contribution in [0.5, 0.6) is 0 Å². The zero-order valence-electron chi connectivity index (χ0n) is 50.8. The minimum atomic E-state index is -0.781. The minimum absolute atomic E-state index is 0.0770. The summed E-state index contributed by atoms with van der Waals surface area (Å²) in [5.41, 5.74) is 0. The highest BCUT2D eigenvalue weighted by atomic mass is 16.6. The number of rotatable bonds is 61. The first kappa shape index (κ1) is 73.1. The third kappa shape index (κ3) is 62.0. The highest BCUT2D eigenvalue weighted by Gasteiger charge is 2.19. The third-order valence-electron chi connectivity index (χ3n) is 14.7. The molecule has 0 fully saturated rings. The summed E-state index contributed by atoms with van der Waals surface area (Å²) in [5, 5.41) is 0. The molecule has 0 aliphatic carbocycles. The second kappa shape index (κ2) is 64.6. The molecule has 1 unspecified atom stereocenters. The maximum absolute atomic E-state index is 12.9. The van der Waals surface area contributed by atoms with Gasteiger partial charge in [0.2, 0.25) is 0 Å². The van der Waals surface area contributed by atoms with E-state index in [-0.39, 0.29) is 31.1 Å². The predicted octanol–water partition coefficient (Wildman–Crippen LogP) is 22.7. The molecule has 0 aromatic heterocycles. The fraction of sp³-hybridized carbons (Fsp3) is 0.814. The first-order valence-electron chi connectivity index (χ1n) is 33.3. The lowest BCUT2D eigenvalue weighted by Gasteiger charge is -2.18. The van der Waals surface area contributed by atoms with Crippen molar-refractivity contribution in [1.82, 2.24) is 0 Å². The van der Waals surface area contributed by atoms with E-state index in [2.05, 4.69) is 81.5 Å². The van der Waals surface area contributed by atoms with Crippen LogP contribution in [0, 0.1) is 0 Å². The van der Waals surface area contributed by atoms with Crippen molar-refractivity contribution in [1.29, 1.82) is 0 Å². The maximum Gasteiger partial charge on any atom is 0.306 e. The van der Waals surface area contributed by atoms with E-state index in [4.69, 9.17) is 14.2 Å². The number of unbranched alkanes of at least 4 members (excludes halogenated alkanes) is 40. The Morgan fingerprint density at radius 3 is 0.868 bits per heavy atom. The topological polar surface area (TPSA) is 78.9 Å². The second-order valence-corrected chi connectivity index (χ2v) is 22.4. The molecule has 0 saturated carbocycles. The number of hydrogen-bond donors (Lipinski definition) is 0. The van der Waals surface area contributed by atoms with E-state index in [0.29, 0.717) is 19.3 Å². The molecule has 0 bridgehead atoms. The van der Waals surface area contributed by atoms with Crippen LogP contribution in [0.2, 0.25) is 0 Å². The monoisotopic (exact) mass is 1060 g/mol. The van der Waals surface area contributed by atoms with Crippen molar-refractivity contribution in [2.75, 3.05) is 13.2 Å². The molecule has 0 aromatic carbocycles. The summed E-state index contributed by atoms with van der Waals surface area (Å²) in [6.45, 7) is 6.50. The van der Waals surface area contributed by atoms with E-state index in [9.17, 15) is 14.4 Å². The van der Waals surface area contributed by atoms with Gasteiger partial charge in [-0.05, 0) is 77.0 Å². The Bertz CT molecular complexity index is 1360. The number of carbonyl (C=O) groups is 3. The molecular weight excluding hydrogens is 937 g/mol. The first-order chi connectivity index (χ1) is 37.5. The summed E-state index contributed by atoms with van der Waals surface area (Å²) >= 11 is 0. The Kier molecular flexibility index (Phi) is 62.2. The van der Waals surface area contributed by atoms with Gasteiger partial charge in [-0.1, -0.05) is 313 Å². The van der Waals surface area contributed by atoms with E-state index in [0.717, 1.165) is 103 Å². The van der Waals surface area contributed by atoms with Gasteiger partial charge in [0.15, 0.2) is 6.10 Å². The van der Waals surface area contributed by atoms with Crippen LogP contribution in [-0.2, 0) is 28.6 Å². The van der Waals surface area contributed by atoms with Crippen molar-refractivity contribution in [2.24, 2.45) is 0 Å². The Morgan fingerprint density at radius 1 is 0.276 bits per heavy atom. The molecule has 6 nitrogen and oxygen atoms in total. The molecule has 442 valence electrons. The number of carbonyl (C=O) groups excluding carboxylic acids is 3. The van der Waals surface area contributed by atoms with Gasteiger partial charge in [0, 0.05) is 19.3 Å². The van der Waals surface area contributed by atoms with E-state index in [1.165, 1.54) is 205 Å². The van der Waals surface area contributed by atoms with Gasteiger partial charge < -0.3 is 14.2 Å². The van der Waals surface area contributed by atoms with Crippen molar-refractivity contribution in [3.63, 3.8) is 0 Å². The number of allylic oxidation sites excluding steroid dienone is 10. The lowest BCUT2D eigenvalue weighted by Crippen LogP contribution is -2.30. The molecule has 0 aliphatic rings. The van der Waals surface area contributed by atoms with Crippen LogP contribution in [0.25, 0.3) is 0 Å². The van der Waals surface area contributed by atoms with Crippen LogP contribution in [0.15, 0.2) is 60.8 Å². The molecule has 0 spiro atoms. The van der Waals surface area contributed by atoms with Crippen molar-refractivity contribution in [2.45, 2.75) is 354 Å². The summed E-state index contributed by atoms with van der Waals surface area (Å²) in [5.74, 6) is -0.879. The summed E-state index contributed by atoms with van der Waals surface area (Å²) in [7, 11) is 0. The van der Waals surface area contributed by atoms with Gasteiger partial charge in [-0.15, -0.1) is 0 Å². The van der Waals surface area contributed by atoms with Crippen molar-refractivity contribution < 1.29 is 28.6 Å². The quantitative estimate of drug-likeness (QED) is 0.0261. The van der Waals surface area contributed by atoms with Crippen LogP contribution >= 0.6 is 0 Å². The fourth-order valence-corrected chi connectivity index (χ4v) is 9.79. The molecule has 0 N–H and O–H groups in total. The molecule has 6 heteroatoms. The third-order valence-corrected chi connectivity index (χ3v) is 14.7. The number of esters is 3. The van der Waals surface area contributed by atoms with Crippen LogP contribution in [0.4, 0.5) is 0 Å². The molecule has 0 amide bonds. The average molecular weight is 1060 g/mol. The van der Waals surface area contributed by atoms with Crippen LogP contribution in [0.3, 0.4) is 0 Å². The molecule has 76 heavy (non-hydrogen) atoms. The zero-order chi connectivity index (χ0) is 55.0. The SMILES string of the molecule is CC/C=C\C/C=C\C/C=C\C/C=C\CCCCCCCCCCC(=O)OC(COC(=O)CCCCCCC/C=C\CCC)COC(=O)CCCCCCCCCCCCCCCCCCCCCCCCCCCCC. The average Bonchev–Trinajstić information content (AvgIpc) is 3.42. The summed E-state index contributed by atoms with van der Waals surface area (Å²) in [6, 6.07) is 0. The Hall–Kier alpha value is -2.89. The normalized spacial score (nSPS) is 12.4. The van der Waals surface area contributed by atoms with E-state index in [1.54, 1.807) is 0 Å². The Morgan fingerprint density at radius 2 is 0.539 bits per heavy atom. The summed E-state index contributed by atoms with van der Waals surface area (Å²) in [6.07, 6.45) is 82.6. The number of hydrogen-bond acceptors (Lipinski definition) is 6. The van der Waals surface area contributed by atoms with Gasteiger partial charge in [0.1, 0.15) is 13.2 Å². The molecular formula is C70H126O6. The first-order valence-corrected chi connectivity index (χ1v) is 33.3. The predicted molar refractivity (Wildman–Crippen MR) is 330 cm³/mol. The van der Waals surface area contributed by atoms with E-state index in [1.807, 2.05) is 0 Å². The molecule has 0 aliphatic heterocycles. The Balaban J connectivity index is 4.17. The molecule has 0 aromatic rings. The van der Waals surface area contributed by atoms with Crippen LogP contribution in [-0.4, -0.2) is 37.2 Å². The zero-order valence-corrected chi connectivity index (χ0v) is 50.8. The number of ether oxygens (including phenoxy) is 3. The summed E-state index contributed by atoms with van der Waals surface area (Å²) < 4.78 is 16.9. The molecule has 0 radical (unpaired) electrons. The van der Waals surface area contributed by atoms with Gasteiger partial charge in [0.25, 0.3) is 0 Å². The Labute approximate surface area is 472 Å². The minimum Gasteiger partial charge on any atom is -0.462 e. The fourth-order valence-electron chi connectivity index (χ4n) is 9.79. The smallest absolute Gasteiger partial charge is 0.306 e. The maximum atomic E-state index is 12.9. The van der Waals surface area contributed by atoms with Crippen molar-refractivity contribution in [3.8, 4) is 0 Å². The highest BCUT2D eigenvalue weighted by Crippen LogP contribution is 2.18.